The summed E-state index contributed by atoms with van der Waals surface area (Å²) in [7, 11) is 1.66. The molecule has 0 aromatic rings. The second kappa shape index (κ2) is 5.84. The van der Waals surface area contributed by atoms with Crippen molar-refractivity contribution in [2.24, 2.45) is 5.92 Å². The minimum atomic E-state index is -0.992. The second-order valence-electron chi connectivity index (χ2n) is 4.87. The molecule has 3 N–H and O–H groups in total. The van der Waals surface area contributed by atoms with Gasteiger partial charge in [-0.15, -0.1) is 0 Å². The largest absolute Gasteiger partial charge is 0.480 e. The van der Waals surface area contributed by atoms with Gasteiger partial charge < -0.3 is 15.7 Å². The van der Waals surface area contributed by atoms with E-state index in [2.05, 4.69) is 10.6 Å². The first kappa shape index (κ1) is 14.9. The van der Waals surface area contributed by atoms with Gasteiger partial charge in [0.2, 0.25) is 5.91 Å². The molecular weight excluding hydrogens is 208 g/mol. The standard InChI is InChI=1S/C11H22N2O3/c1-7(2)6-8(9(14)15)13-10(16)11(3,4)12-5/h7-8,12H,6H2,1-5H3,(H,13,16)(H,14,15)/t8-/m1/s1. The van der Waals surface area contributed by atoms with E-state index in [-0.39, 0.29) is 11.8 Å². The molecule has 0 aromatic heterocycles. The van der Waals surface area contributed by atoms with Crippen LogP contribution in [0.5, 0.6) is 0 Å². The average Bonchev–Trinajstić information content (AvgIpc) is 2.15. The van der Waals surface area contributed by atoms with E-state index in [9.17, 15) is 9.59 Å². The molecule has 0 heterocycles. The van der Waals surface area contributed by atoms with Crippen molar-refractivity contribution in [3.8, 4) is 0 Å². The van der Waals surface area contributed by atoms with Crippen LogP contribution >= 0.6 is 0 Å². The lowest BCUT2D eigenvalue weighted by atomic mass is 10.0. The summed E-state index contributed by atoms with van der Waals surface area (Å²) < 4.78 is 0. The van der Waals surface area contributed by atoms with Crippen molar-refractivity contribution in [3.05, 3.63) is 0 Å². The van der Waals surface area contributed by atoms with E-state index in [1.54, 1.807) is 20.9 Å². The van der Waals surface area contributed by atoms with Crippen molar-refractivity contribution in [2.45, 2.75) is 45.7 Å². The van der Waals surface area contributed by atoms with E-state index >= 15 is 0 Å². The predicted molar refractivity (Wildman–Crippen MR) is 62.2 cm³/mol. The number of aliphatic carboxylic acids is 1. The molecular formula is C11H22N2O3. The Kier molecular flexibility index (Phi) is 5.44. The molecule has 1 amide bonds. The normalized spacial score (nSPS) is 13.6. The maximum Gasteiger partial charge on any atom is 0.326 e. The fraction of sp³-hybridized carbons (Fsp3) is 0.818. The van der Waals surface area contributed by atoms with E-state index in [1.807, 2.05) is 13.8 Å². The summed E-state index contributed by atoms with van der Waals surface area (Å²) in [4.78, 5) is 22.7. The first-order valence-electron chi connectivity index (χ1n) is 5.43. The smallest absolute Gasteiger partial charge is 0.326 e. The minimum absolute atomic E-state index is 0.221. The van der Waals surface area contributed by atoms with Crippen molar-refractivity contribution < 1.29 is 14.7 Å². The number of amides is 1. The predicted octanol–water partition coefficient (Wildman–Crippen LogP) is 0.600. The van der Waals surface area contributed by atoms with Crippen LogP contribution in [0.25, 0.3) is 0 Å². The van der Waals surface area contributed by atoms with Crippen molar-refractivity contribution in [2.75, 3.05) is 7.05 Å². The minimum Gasteiger partial charge on any atom is -0.480 e. The van der Waals surface area contributed by atoms with E-state index in [0.717, 1.165) is 0 Å². The lowest BCUT2D eigenvalue weighted by molar-refractivity contribution is -0.143. The van der Waals surface area contributed by atoms with Gasteiger partial charge in [0.15, 0.2) is 0 Å². The monoisotopic (exact) mass is 230 g/mol. The summed E-state index contributed by atoms with van der Waals surface area (Å²) in [5.74, 6) is -1.07. The van der Waals surface area contributed by atoms with Crippen LogP contribution in [0.15, 0.2) is 0 Å². The number of hydrogen-bond donors (Lipinski definition) is 3. The molecule has 0 bridgehead atoms. The maximum atomic E-state index is 11.8. The van der Waals surface area contributed by atoms with Gasteiger partial charge >= 0.3 is 5.97 Å². The third kappa shape index (κ3) is 4.61. The summed E-state index contributed by atoms with van der Waals surface area (Å²) in [6.07, 6.45) is 0.431. The molecule has 0 fully saturated rings. The maximum absolute atomic E-state index is 11.8. The van der Waals surface area contributed by atoms with Crippen LogP contribution in [-0.2, 0) is 9.59 Å². The number of nitrogens with one attached hydrogen (secondary N) is 2. The fourth-order valence-corrected chi connectivity index (χ4v) is 1.15. The third-order valence-corrected chi connectivity index (χ3v) is 2.50. The van der Waals surface area contributed by atoms with Crippen LogP contribution in [0.4, 0.5) is 0 Å². The number of rotatable bonds is 6. The Morgan fingerprint density at radius 2 is 1.81 bits per heavy atom. The quantitative estimate of drug-likeness (QED) is 0.624. The van der Waals surface area contributed by atoms with E-state index in [0.29, 0.717) is 6.42 Å². The Balaban J connectivity index is 4.52. The Morgan fingerprint density at radius 3 is 2.12 bits per heavy atom. The number of carbonyl (C=O) groups is 2. The molecule has 5 heteroatoms. The molecule has 0 aliphatic heterocycles. The van der Waals surface area contributed by atoms with Crippen molar-refractivity contribution in [1.29, 1.82) is 0 Å². The molecule has 5 nitrogen and oxygen atoms in total. The lowest BCUT2D eigenvalue weighted by Gasteiger charge is -2.26. The Labute approximate surface area is 96.6 Å². The molecule has 0 rings (SSSR count). The van der Waals surface area contributed by atoms with Gasteiger partial charge in [0, 0.05) is 0 Å². The highest BCUT2D eigenvalue weighted by atomic mass is 16.4. The highest BCUT2D eigenvalue weighted by Gasteiger charge is 2.29. The summed E-state index contributed by atoms with van der Waals surface area (Å²) >= 11 is 0. The molecule has 0 radical (unpaired) electrons. The van der Waals surface area contributed by atoms with E-state index in [1.165, 1.54) is 0 Å². The Bertz CT molecular complexity index is 262. The summed E-state index contributed by atoms with van der Waals surface area (Å²) in [5.41, 5.74) is -0.759. The number of likely N-dealkylation sites (N-methyl/N-ethyl adjacent to an activating group) is 1. The highest BCUT2D eigenvalue weighted by Crippen LogP contribution is 2.07. The fourth-order valence-electron chi connectivity index (χ4n) is 1.15. The van der Waals surface area contributed by atoms with E-state index in [4.69, 9.17) is 5.11 Å². The van der Waals surface area contributed by atoms with Gasteiger partial charge in [0.1, 0.15) is 6.04 Å². The zero-order chi connectivity index (χ0) is 12.9. The SMILES string of the molecule is CNC(C)(C)C(=O)N[C@H](CC(C)C)C(=O)O. The molecule has 1 atom stereocenters. The van der Waals surface area contributed by atoms with Crippen LogP contribution in [0, 0.1) is 5.92 Å². The van der Waals surface area contributed by atoms with Gasteiger partial charge in [-0.05, 0) is 33.2 Å². The van der Waals surface area contributed by atoms with E-state index < -0.39 is 17.6 Å². The molecule has 16 heavy (non-hydrogen) atoms. The first-order chi connectivity index (χ1) is 7.20. The zero-order valence-electron chi connectivity index (χ0n) is 10.6. The summed E-state index contributed by atoms with van der Waals surface area (Å²) in [6, 6.07) is -0.819. The van der Waals surface area contributed by atoms with Crippen LogP contribution in [-0.4, -0.2) is 35.6 Å². The molecule has 0 saturated carbocycles. The number of carbonyl (C=O) groups excluding carboxylic acids is 1. The Morgan fingerprint density at radius 1 is 1.31 bits per heavy atom. The van der Waals surface area contributed by atoms with Crippen LogP contribution in [0.2, 0.25) is 0 Å². The van der Waals surface area contributed by atoms with Gasteiger partial charge in [-0.1, -0.05) is 13.8 Å². The van der Waals surface area contributed by atoms with Crippen LogP contribution < -0.4 is 10.6 Å². The highest BCUT2D eigenvalue weighted by molar-refractivity contribution is 5.89. The molecule has 0 saturated heterocycles. The van der Waals surface area contributed by atoms with Gasteiger partial charge in [-0.3, -0.25) is 4.79 Å². The molecule has 0 aliphatic rings. The molecule has 94 valence electrons. The molecule has 0 unspecified atom stereocenters. The Hall–Kier alpha value is -1.10. The third-order valence-electron chi connectivity index (χ3n) is 2.50. The van der Waals surface area contributed by atoms with Crippen LogP contribution in [0.1, 0.15) is 34.1 Å². The molecule has 0 aliphatic carbocycles. The van der Waals surface area contributed by atoms with Gasteiger partial charge in [-0.2, -0.15) is 0 Å². The second-order valence-corrected chi connectivity index (χ2v) is 4.87. The average molecular weight is 230 g/mol. The zero-order valence-corrected chi connectivity index (χ0v) is 10.6. The lowest BCUT2D eigenvalue weighted by Crippen LogP contribution is -2.55. The van der Waals surface area contributed by atoms with Gasteiger partial charge in [0.05, 0.1) is 5.54 Å². The summed E-state index contributed by atoms with van der Waals surface area (Å²) in [5, 5.41) is 14.3. The van der Waals surface area contributed by atoms with Gasteiger partial charge in [0.25, 0.3) is 0 Å². The van der Waals surface area contributed by atoms with Gasteiger partial charge in [-0.25, -0.2) is 4.79 Å². The summed E-state index contributed by atoms with van der Waals surface area (Å²) in [6.45, 7) is 7.25. The topological polar surface area (TPSA) is 78.4 Å². The number of hydrogen-bond acceptors (Lipinski definition) is 3. The number of carboxylic acids is 1. The van der Waals surface area contributed by atoms with Crippen molar-refractivity contribution >= 4 is 11.9 Å². The van der Waals surface area contributed by atoms with Crippen LogP contribution in [0.3, 0.4) is 0 Å². The van der Waals surface area contributed by atoms with Crippen molar-refractivity contribution in [1.82, 2.24) is 10.6 Å². The molecule has 0 spiro atoms. The van der Waals surface area contributed by atoms with Crippen molar-refractivity contribution in [3.63, 3.8) is 0 Å². The number of carboxylic acid groups (broad SMARTS) is 1. The first-order valence-corrected chi connectivity index (χ1v) is 5.43. The molecule has 0 aromatic carbocycles.